The first-order valence-corrected chi connectivity index (χ1v) is 25.6. The van der Waals surface area contributed by atoms with Gasteiger partial charge in [0.25, 0.3) is 0 Å². The van der Waals surface area contributed by atoms with Crippen LogP contribution in [0.1, 0.15) is 207 Å². The van der Waals surface area contributed by atoms with Gasteiger partial charge in [-0.25, -0.2) is 0 Å². The molecular formula is C58H92O6. The molecule has 6 heteroatoms. The van der Waals surface area contributed by atoms with Gasteiger partial charge in [-0.1, -0.05) is 194 Å². The van der Waals surface area contributed by atoms with Crippen molar-refractivity contribution in [2.24, 2.45) is 0 Å². The van der Waals surface area contributed by atoms with Crippen LogP contribution in [0, 0.1) is 0 Å². The maximum atomic E-state index is 12.8. The quantitative estimate of drug-likeness (QED) is 0.0199. The fourth-order valence-corrected chi connectivity index (χ4v) is 6.40. The third-order valence-corrected chi connectivity index (χ3v) is 10.2. The van der Waals surface area contributed by atoms with Crippen molar-refractivity contribution >= 4 is 17.9 Å². The molecule has 0 saturated carbocycles. The van der Waals surface area contributed by atoms with Gasteiger partial charge in [0.15, 0.2) is 6.10 Å². The van der Waals surface area contributed by atoms with Crippen LogP contribution in [0.2, 0.25) is 0 Å². The lowest BCUT2D eigenvalue weighted by Gasteiger charge is -2.18. The Hall–Kier alpha value is -4.19. The Morgan fingerprint density at radius 3 is 1.06 bits per heavy atom. The van der Waals surface area contributed by atoms with E-state index in [0.717, 1.165) is 135 Å². The maximum Gasteiger partial charge on any atom is 0.306 e. The topological polar surface area (TPSA) is 78.9 Å². The van der Waals surface area contributed by atoms with Gasteiger partial charge in [-0.05, 0) is 116 Å². The van der Waals surface area contributed by atoms with Crippen molar-refractivity contribution in [2.45, 2.75) is 213 Å². The molecule has 1 unspecified atom stereocenters. The molecule has 0 heterocycles. The highest BCUT2D eigenvalue weighted by Gasteiger charge is 2.19. The van der Waals surface area contributed by atoms with Crippen molar-refractivity contribution < 1.29 is 28.6 Å². The molecule has 0 aliphatic rings. The van der Waals surface area contributed by atoms with Gasteiger partial charge in [0.05, 0.1) is 0 Å². The minimum atomic E-state index is -0.814. The van der Waals surface area contributed by atoms with E-state index >= 15 is 0 Å². The van der Waals surface area contributed by atoms with E-state index in [-0.39, 0.29) is 37.5 Å². The largest absolute Gasteiger partial charge is 0.462 e. The normalized spacial score (nSPS) is 13.1. The molecule has 0 saturated heterocycles. The first-order valence-electron chi connectivity index (χ1n) is 25.6. The van der Waals surface area contributed by atoms with Crippen LogP contribution in [0.25, 0.3) is 0 Å². The molecule has 0 spiro atoms. The molecule has 0 aromatic heterocycles. The maximum absolute atomic E-state index is 12.8. The number of hydrogen-bond acceptors (Lipinski definition) is 6. The zero-order valence-electron chi connectivity index (χ0n) is 41.0. The van der Waals surface area contributed by atoms with Crippen LogP contribution < -0.4 is 0 Å². The van der Waals surface area contributed by atoms with Gasteiger partial charge in [0, 0.05) is 19.3 Å². The van der Waals surface area contributed by atoms with Crippen molar-refractivity contribution in [1.29, 1.82) is 0 Å². The molecule has 360 valence electrons. The third-order valence-electron chi connectivity index (χ3n) is 10.2. The van der Waals surface area contributed by atoms with Crippen molar-refractivity contribution in [3.8, 4) is 0 Å². The molecular weight excluding hydrogens is 793 g/mol. The number of rotatable bonds is 44. The lowest BCUT2D eigenvalue weighted by atomic mass is 10.1. The van der Waals surface area contributed by atoms with Crippen LogP contribution in [0.15, 0.2) is 122 Å². The van der Waals surface area contributed by atoms with E-state index in [2.05, 4.69) is 142 Å². The van der Waals surface area contributed by atoms with Gasteiger partial charge in [0.1, 0.15) is 13.2 Å². The van der Waals surface area contributed by atoms with Gasteiger partial charge in [-0.3, -0.25) is 14.4 Å². The van der Waals surface area contributed by atoms with E-state index in [9.17, 15) is 14.4 Å². The number of esters is 3. The Morgan fingerprint density at radius 1 is 0.344 bits per heavy atom. The molecule has 1 atom stereocenters. The first-order chi connectivity index (χ1) is 31.5. The highest BCUT2D eigenvalue weighted by Crippen LogP contribution is 2.12. The number of carbonyl (C=O) groups is 3. The summed E-state index contributed by atoms with van der Waals surface area (Å²) in [6, 6.07) is 0. The van der Waals surface area contributed by atoms with Gasteiger partial charge in [0.2, 0.25) is 0 Å². The highest BCUT2D eigenvalue weighted by atomic mass is 16.6. The SMILES string of the molecule is CC/C=C\C/C=C\C/C=C\C/C=C\CCCCCCCCC(=O)OCC(COC(=O)CCCCC/C=C\C=C/CCCC)OC(=O)CCCCC/C=C\C/C=C\C/C=C\C/C=C\CC. The van der Waals surface area contributed by atoms with Crippen LogP contribution in [-0.2, 0) is 28.6 Å². The molecule has 0 N–H and O–H groups in total. The Labute approximate surface area is 392 Å². The van der Waals surface area contributed by atoms with E-state index in [4.69, 9.17) is 14.2 Å². The molecule has 64 heavy (non-hydrogen) atoms. The number of unbranched alkanes of at least 4 members (excludes halogenated alkanes) is 14. The van der Waals surface area contributed by atoms with Crippen LogP contribution in [0.3, 0.4) is 0 Å². The molecule has 0 rings (SSSR count). The van der Waals surface area contributed by atoms with E-state index in [1.165, 1.54) is 25.7 Å². The Bertz CT molecular complexity index is 1390. The monoisotopic (exact) mass is 885 g/mol. The second-order valence-electron chi connectivity index (χ2n) is 16.3. The Balaban J connectivity index is 4.49. The summed E-state index contributed by atoms with van der Waals surface area (Å²) in [4.78, 5) is 37.9. The number of carbonyl (C=O) groups excluding carboxylic acids is 3. The second-order valence-corrected chi connectivity index (χ2v) is 16.3. The Morgan fingerprint density at radius 2 is 0.656 bits per heavy atom. The molecule has 0 aromatic rings. The fraction of sp³-hybridized carbons (Fsp3) is 0.603. The van der Waals surface area contributed by atoms with Crippen molar-refractivity contribution in [2.75, 3.05) is 13.2 Å². The number of allylic oxidation sites excluding steroid dienone is 20. The predicted molar refractivity (Wildman–Crippen MR) is 274 cm³/mol. The fourth-order valence-electron chi connectivity index (χ4n) is 6.40. The van der Waals surface area contributed by atoms with Gasteiger partial charge >= 0.3 is 17.9 Å². The predicted octanol–water partition coefficient (Wildman–Crippen LogP) is 16.9. The van der Waals surface area contributed by atoms with Crippen molar-refractivity contribution in [1.82, 2.24) is 0 Å². The lowest BCUT2D eigenvalue weighted by Crippen LogP contribution is -2.30. The lowest BCUT2D eigenvalue weighted by molar-refractivity contribution is -0.167. The molecule has 0 aliphatic heterocycles. The summed E-state index contributed by atoms with van der Waals surface area (Å²) in [5, 5.41) is 0. The molecule has 0 aromatic carbocycles. The summed E-state index contributed by atoms with van der Waals surface area (Å²) in [7, 11) is 0. The molecule has 0 fully saturated rings. The van der Waals surface area contributed by atoms with Gasteiger partial charge in [-0.2, -0.15) is 0 Å². The molecule has 0 aliphatic carbocycles. The molecule has 0 amide bonds. The molecule has 0 bridgehead atoms. The average molecular weight is 885 g/mol. The summed E-state index contributed by atoms with van der Waals surface area (Å²) in [6.45, 7) is 6.27. The minimum absolute atomic E-state index is 0.111. The van der Waals surface area contributed by atoms with Gasteiger partial charge in [-0.15, -0.1) is 0 Å². The van der Waals surface area contributed by atoms with Crippen molar-refractivity contribution in [3.05, 3.63) is 122 Å². The standard InChI is InChI=1S/C58H92O6/c1-4-7-10-13-16-19-22-24-26-28-29-30-32-33-36-39-42-45-48-51-57(60)63-54-55(53-62-56(59)50-47-44-41-38-35-21-18-15-12-9-6-3)64-58(61)52-49-46-43-40-37-34-31-27-25-23-20-17-14-11-8-5-2/h7-8,10-11,15-21,24-27,29-30,34-35,37,55H,4-6,9,12-14,22-23,28,31-33,36,38-54H2,1-3H3/b10-7-,11-8-,18-15-,19-16-,20-17-,26-24-,27-25-,30-29-,35-21-,37-34-. The highest BCUT2D eigenvalue weighted by molar-refractivity contribution is 5.71. The van der Waals surface area contributed by atoms with E-state index in [1.807, 2.05) is 0 Å². The van der Waals surface area contributed by atoms with Crippen LogP contribution in [0.5, 0.6) is 0 Å². The first kappa shape index (κ1) is 59.8. The summed E-state index contributed by atoms with van der Waals surface area (Å²) in [5.74, 6) is -0.993. The minimum Gasteiger partial charge on any atom is -0.462 e. The number of ether oxygens (including phenoxy) is 3. The van der Waals surface area contributed by atoms with Gasteiger partial charge < -0.3 is 14.2 Å². The van der Waals surface area contributed by atoms with Crippen LogP contribution in [-0.4, -0.2) is 37.2 Å². The Kier molecular flexibility index (Phi) is 48.1. The summed E-state index contributed by atoms with van der Waals surface area (Å²) in [5.41, 5.74) is 0. The molecule has 6 nitrogen and oxygen atoms in total. The summed E-state index contributed by atoms with van der Waals surface area (Å²) in [6.07, 6.45) is 70.4. The second kappa shape index (κ2) is 51.4. The zero-order valence-corrected chi connectivity index (χ0v) is 41.0. The van der Waals surface area contributed by atoms with Crippen molar-refractivity contribution in [3.63, 3.8) is 0 Å². The van der Waals surface area contributed by atoms with Crippen LogP contribution in [0.4, 0.5) is 0 Å². The van der Waals surface area contributed by atoms with E-state index in [0.29, 0.717) is 19.3 Å². The van der Waals surface area contributed by atoms with Crippen LogP contribution >= 0.6 is 0 Å². The smallest absolute Gasteiger partial charge is 0.306 e. The number of hydrogen-bond donors (Lipinski definition) is 0. The average Bonchev–Trinajstić information content (AvgIpc) is 3.29. The molecule has 0 radical (unpaired) electrons. The third kappa shape index (κ3) is 48.8. The summed E-state index contributed by atoms with van der Waals surface area (Å²) < 4.78 is 16.7. The zero-order chi connectivity index (χ0) is 46.5. The van der Waals surface area contributed by atoms with E-state index in [1.54, 1.807) is 0 Å². The summed E-state index contributed by atoms with van der Waals surface area (Å²) >= 11 is 0. The van der Waals surface area contributed by atoms with E-state index < -0.39 is 6.10 Å².